The van der Waals surface area contributed by atoms with Gasteiger partial charge in [0.2, 0.25) is 5.88 Å². The van der Waals surface area contributed by atoms with Gasteiger partial charge in [0, 0.05) is 32.0 Å². The lowest BCUT2D eigenvalue weighted by Crippen LogP contribution is -2.49. The van der Waals surface area contributed by atoms with E-state index in [1.165, 1.54) is 12.8 Å². The number of anilines is 1. The number of aliphatic imine (C=N–C) groups is 2. The molecule has 1 unspecified atom stereocenters. The molecule has 0 bridgehead atoms. The van der Waals surface area contributed by atoms with Crippen LogP contribution < -0.4 is 5.32 Å². The van der Waals surface area contributed by atoms with Crippen LogP contribution in [0.3, 0.4) is 0 Å². The predicted molar refractivity (Wildman–Crippen MR) is 155 cm³/mol. The van der Waals surface area contributed by atoms with E-state index in [0.717, 1.165) is 55.5 Å². The van der Waals surface area contributed by atoms with Gasteiger partial charge in [0.1, 0.15) is 18.5 Å². The molecule has 3 aliphatic rings. The van der Waals surface area contributed by atoms with E-state index in [9.17, 15) is 4.79 Å². The third kappa shape index (κ3) is 8.76. The van der Waals surface area contributed by atoms with Crippen molar-refractivity contribution in [1.82, 2.24) is 4.90 Å². The van der Waals surface area contributed by atoms with E-state index in [2.05, 4.69) is 28.1 Å². The molecular formula is C29H42ClN5O3. The SMILES string of the molecule is C=N/C=N\C(OC1CCN(C(=O)OC2CCC2)CC12CC2)=C(C)C.CC.CNc1ccc(CC#N)cc1Cl. The molecule has 4 rings (SSSR count). The number of halogens is 1. The number of carbonyl (C=O) groups excluding carboxylic acids is 1. The van der Waals surface area contributed by atoms with Crippen molar-refractivity contribution in [3.8, 4) is 6.07 Å². The van der Waals surface area contributed by atoms with Gasteiger partial charge in [0.05, 0.1) is 23.2 Å². The summed E-state index contributed by atoms with van der Waals surface area (Å²) in [5.41, 5.74) is 2.91. The van der Waals surface area contributed by atoms with E-state index < -0.39 is 0 Å². The Morgan fingerprint density at radius 1 is 1.29 bits per heavy atom. The Kier molecular flexibility index (Phi) is 12.6. The summed E-state index contributed by atoms with van der Waals surface area (Å²) >= 11 is 5.89. The largest absolute Gasteiger partial charge is 0.474 e. The molecule has 0 radical (unpaired) electrons. The second-order valence-corrected chi connectivity index (χ2v) is 10.2. The van der Waals surface area contributed by atoms with Gasteiger partial charge in [-0.2, -0.15) is 5.26 Å². The van der Waals surface area contributed by atoms with E-state index >= 15 is 0 Å². The number of nitrogens with one attached hydrogen (secondary N) is 1. The summed E-state index contributed by atoms with van der Waals surface area (Å²) in [5.74, 6) is 0.615. The van der Waals surface area contributed by atoms with Gasteiger partial charge in [-0.15, -0.1) is 0 Å². The third-order valence-electron chi connectivity index (χ3n) is 6.84. The maximum atomic E-state index is 12.3. The average molecular weight is 544 g/mol. The average Bonchev–Trinajstić information content (AvgIpc) is 3.66. The molecule has 0 aromatic heterocycles. The molecule has 1 spiro atoms. The van der Waals surface area contributed by atoms with Crippen LogP contribution in [-0.4, -0.2) is 56.4 Å². The lowest BCUT2D eigenvalue weighted by atomic mass is 9.91. The molecule has 1 aromatic rings. The molecule has 2 aliphatic carbocycles. The first-order valence-electron chi connectivity index (χ1n) is 13.4. The normalized spacial score (nSPS) is 19.0. The van der Waals surface area contributed by atoms with Gasteiger partial charge in [0.15, 0.2) is 0 Å². The standard InChI is InChI=1S/C18H27N3O3.C9H9ClN2.C2H6/c1-13(2)16(20-12-19-3)24-15-7-10-21(11-18(15)8-9-18)17(22)23-14-5-4-6-14;1-12-9-3-2-7(4-5-11)6-8(9)10;1-2/h12,14-15H,3-11H2,1-2H3;2-3,6,12H,4H2,1H3;1-2H3/b20-12-;;. The Morgan fingerprint density at radius 3 is 2.50 bits per heavy atom. The zero-order chi connectivity index (χ0) is 28.1. The predicted octanol–water partition coefficient (Wildman–Crippen LogP) is 7.00. The zero-order valence-corrected chi connectivity index (χ0v) is 24.2. The summed E-state index contributed by atoms with van der Waals surface area (Å²) < 4.78 is 11.7. The summed E-state index contributed by atoms with van der Waals surface area (Å²) in [6.07, 6.45) is 8.07. The number of hydrogen-bond donors (Lipinski definition) is 1. The van der Waals surface area contributed by atoms with Gasteiger partial charge in [-0.25, -0.2) is 9.79 Å². The second-order valence-electron chi connectivity index (χ2n) is 9.75. The third-order valence-corrected chi connectivity index (χ3v) is 7.16. The lowest BCUT2D eigenvalue weighted by Gasteiger charge is -2.39. The van der Waals surface area contributed by atoms with Crippen molar-refractivity contribution >= 4 is 36.4 Å². The number of carbonyl (C=O) groups is 1. The minimum Gasteiger partial charge on any atom is -0.474 e. The molecule has 38 heavy (non-hydrogen) atoms. The molecule has 1 N–H and O–H groups in total. The van der Waals surface area contributed by atoms with Gasteiger partial charge < -0.3 is 19.7 Å². The molecule has 3 fully saturated rings. The van der Waals surface area contributed by atoms with E-state index in [4.69, 9.17) is 26.3 Å². The highest BCUT2D eigenvalue weighted by atomic mass is 35.5. The summed E-state index contributed by atoms with van der Waals surface area (Å²) in [6.45, 7) is 12.8. The number of allylic oxidation sites excluding steroid dienone is 1. The maximum Gasteiger partial charge on any atom is 0.410 e. The highest BCUT2D eigenvalue weighted by Gasteiger charge is 2.55. The Balaban J connectivity index is 0.000000305. The fourth-order valence-corrected chi connectivity index (χ4v) is 4.59. The molecule has 9 heteroatoms. The van der Waals surface area contributed by atoms with Crippen LogP contribution in [0.25, 0.3) is 0 Å². The van der Waals surface area contributed by atoms with Crippen LogP contribution in [-0.2, 0) is 15.9 Å². The van der Waals surface area contributed by atoms with Gasteiger partial charge in [0.25, 0.3) is 0 Å². The number of hydrogen-bond acceptors (Lipinski definition) is 6. The van der Waals surface area contributed by atoms with Crippen molar-refractivity contribution in [2.24, 2.45) is 15.4 Å². The molecule has 1 aromatic carbocycles. The first-order valence-corrected chi connectivity index (χ1v) is 13.8. The summed E-state index contributed by atoms with van der Waals surface area (Å²) in [7, 11) is 1.81. The smallest absolute Gasteiger partial charge is 0.410 e. The second kappa shape index (κ2) is 15.4. The monoisotopic (exact) mass is 543 g/mol. The zero-order valence-electron chi connectivity index (χ0n) is 23.4. The summed E-state index contributed by atoms with van der Waals surface area (Å²) in [6, 6.07) is 7.63. The van der Waals surface area contributed by atoms with Crippen LogP contribution in [0.15, 0.2) is 39.6 Å². The van der Waals surface area contributed by atoms with Crippen LogP contribution in [0.2, 0.25) is 5.02 Å². The molecule has 1 atom stereocenters. The molecule has 1 saturated heterocycles. The van der Waals surface area contributed by atoms with Crippen molar-refractivity contribution in [3.05, 3.63) is 40.2 Å². The Labute approximate surface area is 232 Å². The van der Waals surface area contributed by atoms with Crippen molar-refractivity contribution in [1.29, 1.82) is 5.26 Å². The van der Waals surface area contributed by atoms with Crippen molar-refractivity contribution in [2.45, 2.75) is 84.8 Å². The number of nitrogens with zero attached hydrogens (tertiary/aromatic N) is 4. The highest BCUT2D eigenvalue weighted by Crippen LogP contribution is 2.54. The number of rotatable bonds is 7. The number of nitriles is 1. The first-order chi connectivity index (χ1) is 18.3. The van der Waals surface area contributed by atoms with Crippen LogP contribution in [0, 0.1) is 16.7 Å². The first kappa shape index (κ1) is 31.2. The molecule has 2 saturated carbocycles. The molecule has 1 heterocycles. The topological polar surface area (TPSA) is 99.3 Å². The fourth-order valence-electron chi connectivity index (χ4n) is 4.29. The van der Waals surface area contributed by atoms with Crippen molar-refractivity contribution in [3.63, 3.8) is 0 Å². The van der Waals surface area contributed by atoms with Gasteiger partial charge in [-0.05, 0) is 75.9 Å². The minimum absolute atomic E-state index is 0.0642. The van der Waals surface area contributed by atoms with Crippen LogP contribution in [0.5, 0.6) is 0 Å². The molecular weight excluding hydrogens is 502 g/mol. The van der Waals surface area contributed by atoms with E-state index in [0.29, 0.717) is 23.9 Å². The van der Waals surface area contributed by atoms with Crippen molar-refractivity contribution in [2.75, 3.05) is 25.5 Å². The van der Waals surface area contributed by atoms with Crippen LogP contribution >= 0.6 is 11.6 Å². The number of amides is 1. The minimum atomic E-state index is -0.152. The quantitative estimate of drug-likeness (QED) is 0.227. The Bertz CT molecular complexity index is 1040. The summed E-state index contributed by atoms with van der Waals surface area (Å²) in [4.78, 5) is 22.1. The molecule has 1 amide bonds. The number of benzene rings is 1. The summed E-state index contributed by atoms with van der Waals surface area (Å²) in [5, 5.41) is 12.0. The maximum absolute atomic E-state index is 12.3. The molecule has 8 nitrogen and oxygen atoms in total. The van der Waals surface area contributed by atoms with Gasteiger partial charge in [-0.3, -0.25) is 4.99 Å². The van der Waals surface area contributed by atoms with Gasteiger partial charge >= 0.3 is 6.09 Å². The number of ether oxygens (including phenoxy) is 2. The van der Waals surface area contributed by atoms with Crippen LogP contribution in [0.4, 0.5) is 10.5 Å². The Morgan fingerprint density at radius 2 is 2.00 bits per heavy atom. The molecule has 1 aliphatic heterocycles. The van der Waals surface area contributed by atoms with Crippen molar-refractivity contribution < 1.29 is 14.3 Å². The number of likely N-dealkylation sites (tertiary alicyclic amines) is 1. The fraction of sp³-hybridized carbons (Fsp3) is 0.586. The van der Waals surface area contributed by atoms with Crippen LogP contribution in [0.1, 0.15) is 71.8 Å². The van der Waals surface area contributed by atoms with E-state index in [1.54, 1.807) is 6.07 Å². The Hall–Kier alpha value is -3.05. The van der Waals surface area contributed by atoms with E-state index in [-0.39, 0.29) is 23.7 Å². The van der Waals surface area contributed by atoms with Gasteiger partial charge in [-0.1, -0.05) is 31.5 Å². The molecule has 208 valence electrons. The van der Waals surface area contributed by atoms with E-state index in [1.807, 2.05) is 51.8 Å². The number of piperidine rings is 1. The highest BCUT2D eigenvalue weighted by molar-refractivity contribution is 6.33. The lowest BCUT2D eigenvalue weighted by molar-refractivity contribution is -0.0270.